The molecule has 0 N–H and O–H groups in total. The number of methoxy groups -OCH3 is 2. The van der Waals surface area contributed by atoms with E-state index in [1.54, 1.807) is 18.2 Å². The number of nitriles is 1. The number of carbonyl (C=O) groups excluding carboxylic acids is 1. The van der Waals surface area contributed by atoms with Gasteiger partial charge in [-0.05, 0) is 18.2 Å². The van der Waals surface area contributed by atoms with Crippen molar-refractivity contribution in [2.24, 2.45) is 0 Å². The smallest absolute Gasteiger partial charge is 0.242 e. The van der Waals surface area contributed by atoms with E-state index in [-0.39, 0.29) is 18.0 Å². The summed E-state index contributed by atoms with van der Waals surface area (Å²) in [6.45, 7) is -0.0801. The normalized spacial score (nSPS) is 10.0. The fourth-order valence-electron chi connectivity index (χ4n) is 2.28. The Balaban J connectivity index is 2.48. The van der Waals surface area contributed by atoms with Crippen molar-refractivity contribution in [2.75, 3.05) is 25.0 Å². The summed E-state index contributed by atoms with van der Waals surface area (Å²) < 4.78 is 24.5. The maximum absolute atomic E-state index is 14.1. The quantitative estimate of drug-likeness (QED) is 0.738. The molecule has 0 atom stereocenters. The van der Waals surface area contributed by atoms with Gasteiger partial charge in [0.05, 0.1) is 38.1 Å². The van der Waals surface area contributed by atoms with Gasteiger partial charge in [0.1, 0.15) is 23.2 Å². The Hall–Kier alpha value is -2.78. The second kappa shape index (κ2) is 8.36. The first kappa shape index (κ1) is 18.6. The molecule has 7 heteroatoms. The number of anilines is 1. The number of nitrogens with zero attached hydrogens (tertiary/aromatic N) is 2. The molecule has 2 aromatic carbocycles. The molecule has 0 aliphatic rings. The summed E-state index contributed by atoms with van der Waals surface area (Å²) in [5, 5.41) is 8.99. The number of hydrogen-bond acceptors (Lipinski definition) is 4. The van der Waals surface area contributed by atoms with E-state index in [0.717, 1.165) is 0 Å². The van der Waals surface area contributed by atoms with Crippen LogP contribution in [-0.2, 0) is 11.3 Å². The molecule has 0 saturated heterocycles. The second-order valence-corrected chi connectivity index (χ2v) is 5.37. The van der Waals surface area contributed by atoms with Gasteiger partial charge in [0, 0.05) is 23.8 Å². The summed E-state index contributed by atoms with van der Waals surface area (Å²) in [4.78, 5) is 13.6. The average molecular weight is 363 g/mol. The van der Waals surface area contributed by atoms with Gasteiger partial charge in [-0.2, -0.15) is 5.26 Å². The number of hydrogen-bond donors (Lipinski definition) is 0. The molecule has 0 fully saturated rings. The number of ether oxygens (including phenoxy) is 2. The Morgan fingerprint density at radius 3 is 2.36 bits per heavy atom. The molecule has 0 aromatic heterocycles. The SMILES string of the molecule is COc1cc(OC)cc(N(Cc2cc(C#N)ccc2F)C(=O)CCl)c1. The van der Waals surface area contributed by atoms with Crippen LogP contribution in [0.15, 0.2) is 36.4 Å². The van der Waals surface area contributed by atoms with Gasteiger partial charge in [-0.25, -0.2) is 4.39 Å². The molecule has 0 bridgehead atoms. The molecular formula is C18H16ClFN2O3. The van der Waals surface area contributed by atoms with E-state index < -0.39 is 11.7 Å². The van der Waals surface area contributed by atoms with Crippen molar-refractivity contribution in [3.63, 3.8) is 0 Å². The van der Waals surface area contributed by atoms with Gasteiger partial charge in [-0.15, -0.1) is 11.6 Å². The second-order valence-electron chi connectivity index (χ2n) is 5.10. The Kier molecular flexibility index (Phi) is 6.20. The minimum absolute atomic E-state index is 0.0801. The Morgan fingerprint density at radius 2 is 1.84 bits per heavy atom. The number of alkyl halides is 1. The van der Waals surface area contributed by atoms with Crippen molar-refractivity contribution in [3.05, 3.63) is 53.3 Å². The van der Waals surface area contributed by atoms with Gasteiger partial charge in [0.25, 0.3) is 0 Å². The van der Waals surface area contributed by atoms with Crippen LogP contribution >= 0.6 is 11.6 Å². The lowest BCUT2D eigenvalue weighted by Crippen LogP contribution is -2.31. The fourth-order valence-corrected chi connectivity index (χ4v) is 2.42. The lowest BCUT2D eigenvalue weighted by molar-refractivity contribution is -0.116. The number of carbonyl (C=O) groups is 1. The predicted molar refractivity (Wildman–Crippen MR) is 92.6 cm³/mol. The molecule has 25 heavy (non-hydrogen) atoms. The Labute approximate surface area is 150 Å². The van der Waals surface area contributed by atoms with Crippen molar-refractivity contribution < 1.29 is 18.7 Å². The zero-order valence-electron chi connectivity index (χ0n) is 13.8. The van der Waals surface area contributed by atoms with Gasteiger partial charge in [0.2, 0.25) is 5.91 Å². The average Bonchev–Trinajstić information content (AvgIpc) is 2.66. The first-order chi connectivity index (χ1) is 12.0. The van der Waals surface area contributed by atoms with Gasteiger partial charge < -0.3 is 14.4 Å². The van der Waals surface area contributed by atoms with Crippen molar-refractivity contribution in [3.8, 4) is 17.6 Å². The standard InChI is InChI=1S/C18H16ClFN2O3/c1-24-15-6-14(7-16(8-15)25-2)22(18(23)9-19)11-13-5-12(10-21)3-4-17(13)20/h3-8H,9,11H2,1-2H3. The third-order valence-electron chi connectivity index (χ3n) is 3.57. The van der Waals surface area contributed by atoms with Crippen LogP contribution in [0.3, 0.4) is 0 Å². The van der Waals surface area contributed by atoms with E-state index in [0.29, 0.717) is 22.7 Å². The molecule has 2 rings (SSSR count). The van der Waals surface area contributed by atoms with E-state index in [4.69, 9.17) is 26.3 Å². The Bertz CT molecular complexity index is 798. The van der Waals surface area contributed by atoms with E-state index in [1.807, 2.05) is 6.07 Å². The monoisotopic (exact) mass is 362 g/mol. The molecule has 130 valence electrons. The molecule has 0 spiro atoms. The van der Waals surface area contributed by atoms with Crippen LogP contribution in [0.5, 0.6) is 11.5 Å². The molecular weight excluding hydrogens is 347 g/mol. The first-order valence-corrected chi connectivity index (χ1v) is 7.83. The lowest BCUT2D eigenvalue weighted by Gasteiger charge is -2.23. The van der Waals surface area contributed by atoms with Gasteiger partial charge >= 0.3 is 0 Å². The third kappa shape index (κ3) is 4.40. The summed E-state index contributed by atoms with van der Waals surface area (Å²) in [6, 6.07) is 10.8. The van der Waals surface area contributed by atoms with Crippen LogP contribution in [0.4, 0.5) is 10.1 Å². The van der Waals surface area contributed by atoms with Gasteiger partial charge in [-0.1, -0.05) is 0 Å². The van der Waals surface area contributed by atoms with E-state index in [9.17, 15) is 9.18 Å². The highest BCUT2D eigenvalue weighted by molar-refractivity contribution is 6.29. The topological polar surface area (TPSA) is 62.6 Å². The summed E-state index contributed by atoms with van der Waals surface area (Å²) in [7, 11) is 2.98. The third-order valence-corrected chi connectivity index (χ3v) is 3.80. The van der Waals surface area contributed by atoms with Crippen LogP contribution in [0.1, 0.15) is 11.1 Å². The largest absolute Gasteiger partial charge is 0.497 e. The molecule has 0 aliphatic heterocycles. The van der Waals surface area contributed by atoms with Gasteiger partial charge in [0.15, 0.2) is 0 Å². The summed E-state index contributed by atoms with van der Waals surface area (Å²) in [6.07, 6.45) is 0. The maximum atomic E-state index is 14.1. The van der Waals surface area contributed by atoms with E-state index in [2.05, 4.69) is 0 Å². The van der Waals surface area contributed by atoms with Crippen LogP contribution in [0.25, 0.3) is 0 Å². The van der Waals surface area contributed by atoms with Gasteiger partial charge in [-0.3, -0.25) is 4.79 Å². The molecule has 0 unspecified atom stereocenters. The number of benzene rings is 2. The van der Waals surface area contributed by atoms with E-state index >= 15 is 0 Å². The summed E-state index contributed by atoms with van der Waals surface area (Å²) in [5.41, 5.74) is 0.959. The molecule has 5 nitrogen and oxygen atoms in total. The number of amides is 1. The summed E-state index contributed by atoms with van der Waals surface area (Å²) >= 11 is 5.71. The molecule has 0 saturated carbocycles. The Morgan fingerprint density at radius 1 is 1.20 bits per heavy atom. The zero-order chi connectivity index (χ0) is 18.4. The summed E-state index contributed by atoms with van der Waals surface area (Å²) in [5.74, 6) is -0.250. The van der Waals surface area contributed by atoms with E-state index in [1.165, 1.54) is 37.3 Å². The van der Waals surface area contributed by atoms with Crippen molar-refractivity contribution in [2.45, 2.75) is 6.54 Å². The molecule has 2 aromatic rings. The van der Waals surface area contributed by atoms with Crippen LogP contribution in [0.2, 0.25) is 0 Å². The van der Waals surface area contributed by atoms with Crippen molar-refractivity contribution >= 4 is 23.2 Å². The molecule has 0 radical (unpaired) electrons. The zero-order valence-corrected chi connectivity index (χ0v) is 14.5. The predicted octanol–water partition coefficient (Wildman–Crippen LogP) is 3.49. The van der Waals surface area contributed by atoms with Crippen molar-refractivity contribution in [1.82, 2.24) is 0 Å². The molecule has 1 amide bonds. The number of rotatable bonds is 6. The van der Waals surface area contributed by atoms with Crippen LogP contribution < -0.4 is 14.4 Å². The molecule has 0 aliphatic carbocycles. The number of halogens is 2. The highest BCUT2D eigenvalue weighted by Gasteiger charge is 2.19. The molecule has 0 heterocycles. The first-order valence-electron chi connectivity index (χ1n) is 7.30. The lowest BCUT2D eigenvalue weighted by atomic mass is 10.1. The maximum Gasteiger partial charge on any atom is 0.242 e. The van der Waals surface area contributed by atoms with Crippen LogP contribution in [-0.4, -0.2) is 26.0 Å². The fraction of sp³-hybridized carbons (Fsp3) is 0.222. The highest BCUT2D eigenvalue weighted by Crippen LogP contribution is 2.30. The highest BCUT2D eigenvalue weighted by atomic mass is 35.5. The minimum Gasteiger partial charge on any atom is -0.497 e. The minimum atomic E-state index is -0.513. The van der Waals surface area contributed by atoms with Crippen molar-refractivity contribution in [1.29, 1.82) is 5.26 Å². The van der Waals surface area contributed by atoms with Crippen LogP contribution in [0, 0.1) is 17.1 Å².